The second kappa shape index (κ2) is 7.23. The molecular weight excluding hydrogens is 306 g/mol. The summed E-state index contributed by atoms with van der Waals surface area (Å²) in [4.78, 5) is 19.2. The number of rotatable bonds is 5. The Morgan fingerprint density at radius 3 is 3.09 bits per heavy atom. The summed E-state index contributed by atoms with van der Waals surface area (Å²) in [5.74, 6) is 0.288. The quantitative estimate of drug-likeness (QED) is 0.917. The first kappa shape index (κ1) is 16.1. The SMILES string of the molecule is CCN1CC[C@@H](C(=O)NCc2csc(-c3cccc(C)c3)n2)C1. The highest BCUT2D eigenvalue weighted by Gasteiger charge is 2.27. The topological polar surface area (TPSA) is 45.2 Å². The lowest BCUT2D eigenvalue weighted by atomic mass is 10.1. The van der Waals surface area contributed by atoms with E-state index in [1.165, 1.54) is 5.56 Å². The molecule has 0 bridgehead atoms. The summed E-state index contributed by atoms with van der Waals surface area (Å²) in [6.45, 7) is 7.68. The molecule has 0 saturated carbocycles. The van der Waals surface area contributed by atoms with E-state index in [9.17, 15) is 4.79 Å². The minimum Gasteiger partial charge on any atom is -0.350 e. The van der Waals surface area contributed by atoms with E-state index < -0.39 is 0 Å². The van der Waals surface area contributed by atoms with Crippen LogP contribution in [0.2, 0.25) is 0 Å². The zero-order valence-electron chi connectivity index (χ0n) is 13.7. The van der Waals surface area contributed by atoms with Gasteiger partial charge in [0.2, 0.25) is 5.91 Å². The maximum Gasteiger partial charge on any atom is 0.224 e. The Morgan fingerprint density at radius 2 is 2.35 bits per heavy atom. The molecule has 1 amide bonds. The molecule has 1 aliphatic heterocycles. The van der Waals surface area contributed by atoms with Crippen molar-refractivity contribution in [3.63, 3.8) is 0 Å². The van der Waals surface area contributed by atoms with Crippen molar-refractivity contribution >= 4 is 17.2 Å². The molecular formula is C18H23N3OS. The molecule has 4 nitrogen and oxygen atoms in total. The van der Waals surface area contributed by atoms with Gasteiger partial charge >= 0.3 is 0 Å². The van der Waals surface area contributed by atoms with Crippen molar-refractivity contribution in [2.75, 3.05) is 19.6 Å². The van der Waals surface area contributed by atoms with Crippen molar-refractivity contribution in [2.24, 2.45) is 5.92 Å². The number of hydrogen-bond donors (Lipinski definition) is 1. The Bertz CT molecular complexity index is 682. The van der Waals surface area contributed by atoms with Crippen LogP contribution in [-0.2, 0) is 11.3 Å². The van der Waals surface area contributed by atoms with Gasteiger partial charge in [-0.15, -0.1) is 11.3 Å². The van der Waals surface area contributed by atoms with Gasteiger partial charge in [-0.05, 0) is 32.5 Å². The third-order valence-corrected chi connectivity index (χ3v) is 5.29. The van der Waals surface area contributed by atoms with Crippen molar-refractivity contribution in [3.05, 3.63) is 40.9 Å². The summed E-state index contributed by atoms with van der Waals surface area (Å²) in [6, 6.07) is 8.34. The molecule has 1 atom stereocenters. The van der Waals surface area contributed by atoms with Crippen LogP contribution in [0.25, 0.3) is 10.6 Å². The van der Waals surface area contributed by atoms with Crippen LogP contribution in [0.15, 0.2) is 29.6 Å². The summed E-state index contributed by atoms with van der Waals surface area (Å²) in [7, 11) is 0. The molecule has 2 heterocycles. The Labute approximate surface area is 141 Å². The molecule has 1 saturated heterocycles. The lowest BCUT2D eigenvalue weighted by Crippen LogP contribution is -2.32. The minimum atomic E-state index is 0.129. The molecule has 1 N–H and O–H groups in total. The highest BCUT2D eigenvalue weighted by atomic mass is 32.1. The summed E-state index contributed by atoms with van der Waals surface area (Å²) in [5, 5.41) is 6.08. The van der Waals surface area contributed by atoms with Gasteiger partial charge in [0.15, 0.2) is 0 Å². The van der Waals surface area contributed by atoms with E-state index in [2.05, 4.69) is 47.2 Å². The molecule has 0 radical (unpaired) electrons. The number of aryl methyl sites for hydroxylation is 1. The fourth-order valence-electron chi connectivity index (χ4n) is 2.95. The van der Waals surface area contributed by atoms with E-state index >= 15 is 0 Å². The first-order chi connectivity index (χ1) is 11.2. The van der Waals surface area contributed by atoms with Crippen LogP contribution in [0.4, 0.5) is 0 Å². The highest BCUT2D eigenvalue weighted by Crippen LogP contribution is 2.24. The van der Waals surface area contributed by atoms with Crippen LogP contribution in [0.1, 0.15) is 24.6 Å². The normalized spacial score (nSPS) is 18.3. The zero-order valence-corrected chi connectivity index (χ0v) is 14.5. The van der Waals surface area contributed by atoms with E-state index in [1.54, 1.807) is 11.3 Å². The van der Waals surface area contributed by atoms with Gasteiger partial charge in [-0.3, -0.25) is 4.79 Å². The van der Waals surface area contributed by atoms with Crippen LogP contribution in [-0.4, -0.2) is 35.4 Å². The average Bonchev–Trinajstić information content (AvgIpc) is 3.22. The average molecular weight is 329 g/mol. The monoisotopic (exact) mass is 329 g/mol. The lowest BCUT2D eigenvalue weighted by Gasteiger charge is -2.12. The number of benzene rings is 1. The fraction of sp³-hybridized carbons (Fsp3) is 0.444. The number of aromatic nitrogens is 1. The van der Waals surface area contributed by atoms with E-state index in [1.807, 2.05) is 11.4 Å². The molecule has 0 aliphatic carbocycles. The van der Waals surface area contributed by atoms with E-state index in [0.29, 0.717) is 6.54 Å². The van der Waals surface area contributed by atoms with E-state index in [-0.39, 0.29) is 11.8 Å². The smallest absolute Gasteiger partial charge is 0.224 e. The maximum absolute atomic E-state index is 12.2. The number of amides is 1. The number of carbonyl (C=O) groups is 1. The zero-order chi connectivity index (χ0) is 16.2. The van der Waals surface area contributed by atoms with Crippen molar-refractivity contribution in [3.8, 4) is 10.6 Å². The molecule has 1 aromatic heterocycles. The van der Waals surface area contributed by atoms with Crippen molar-refractivity contribution in [1.82, 2.24) is 15.2 Å². The van der Waals surface area contributed by atoms with E-state index in [0.717, 1.165) is 42.3 Å². The van der Waals surface area contributed by atoms with Gasteiger partial charge in [-0.2, -0.15) is 0 Å². The summed E-state index contributed by atoms with van der Waals surface area (Å²) < 4.78 is 0. The molecule has 122 valence electrons. The van der Waals surface area contributed by atoms with Gasteiger partial charge in [-0.25, -0.2) is 4.98 Å². The largest absolute Gasteiger partial charge is 0.350 e. The van der Waals surface area contributed by atoms with Gasteiger partial charge in [0, 0.05) is 17.5 Å². The van der Waals surface area contributed by atoms with Crippen LogP contribution in [0.3, 0.4) is 0 Å². The van der Waals surface area contributed by atoms with Gasteiger partial charge in [0.05, 0.1) is 18.2 Å². The second-order valence-electron chi connectivity index (χ2n) is 6.11. The first-order valence-corrected chi connectivity index (χ1v) is 9.05. The van der Waals surface area contributed by atoms with Crippen LogP contribution in [0, 0.1) is 12.8 Å². The Hall–Kier alpha value is -1.72. The number of likely N-dealkylation sites (tertiary alicyclic amines) is 1. The third kappa shape index (κ3) is 3.98. The van der Waals surface area contributed by atoms with Crippen molar-refractivity contribution in [2.45, 2.75) is 26.8 Å². The van der Waals surface area contributed by atoms with Crippen LogP contribution in [0.5, 0.6) is 0 Å². The molecule has 3 rings (SSSR count). The number of carbonyl (C=O) groups excluding carboxylic acids is 1. The highest BCUT2D eigenvalue weighted by molar-refractivity contribution is 7.13. The van der Waals surface area contributed by atoms with Gasteiger partial charge in [-0.1, -0.05) is 30.7 Å². The predicted octanol–water partition coefficient (Wildman–Crippen LogP) is 3.08. The number of nitrogens with zero attached hydrogens (tertiary/aromatic N) is 2. The van der Waals surface area contributed by atoms with Gasteiger partial charge in [0.25, 0.3) is 0 Å². The molecule has 2 aromatic rings. The maximum atomic E-state index is 12.2. The standard InChI is InChI=1S/C18H23N3OS/c1-3-21-8-7-15(11-21)17(22)19-10-16-12-23-18(20-16)14-6-4-5-13(2)9-14/h4-6,9,12,15H,3,7-8,10-11H2,1-2H3,(H,19,22)/t15-/m1/s1. The molecule has 1 fully saturated rings. The lowest BCUT2D eigenvalue weighted by molar-refractivity contribution is -0.124. The predicted molar refractivity (Wildman–Crippen MR) is 94.4 cm³/mol. The molecule has 23 heavy (non-hydrogen) atoms. The summed E-state index contributed by atoms with van der Waals surface area (Å²) >= 11 is 1.63. The summed E-state index contributed by atoms with van der Waals surface area (Å²) in [5.41, 5.74) is 3.31. The molecule has 0 unspecified atom stereocenters. The second-order valence-corrected chi connectivity index (χ2v) is 6.97. The Kier molecular flexibility index (Phi) is 5.08. The fourth-order valence-corrected chi connectivity index (χ4v) is 3.77. The molecule has 1 aliphatic rings. The Morgan fingerprint density at radius 1 is 1.48 bits per heavy atom. The third-order valence-electron chi connectivity index (χ3n) is 4.35. The molecule has 0 spiro atoms. The van der Waals surface area contributed by atoms with Crippen molar-refractivity contribution < 1.29 is 4.79 Å². The van der Waals surface area contributed by atoms with E-state index in [4.69, 9.17) is 0 Å². The number of nitrogens with one attached hydrogen (secondary N) is 1. The number of thiazole rings is 1. The van der Waals surface area contributed by atoms with Gasteiger partial charge in [0.1, 0.15) is 5.01 Å². The summed E-state index contributed by atoms with van der Waals surface area (Å²) in [6.07, 6.45) is 0.964. The van der Waals surface area contributed by atoms with Crippen LogP contribution >= 0.6 is 11.3 Å². The van der Waals surface area contributed by atoms with Gasteiger partial charge < -0.3 is 10.2 Å². The number of hydrogen-bond acceptors (Lipinski definition) is 4. The molecule has 1 aromatic carbocycles. The minimum absolute atomic E-state index is 0.129. The first-order valence-electron chi connectivity index (χ1n) is 8.17. The van der Waals surface area contributed by atoms with Crippen LogP contribution < -0.4 is 5.32 Å². The molecule has 5 heteroatoms. The van der Waals surface area contributed by atoms with Crippen molar-refractivity contribution in [1.29, 1.82) is 0 Å². The Balaban J connectivity index is 1.56.